The summed E-state index contributed by atoms with van der Waals surface area (Å²) in [5.74, 6) is 0.0696. The fraction of sp³-hybridized carbons (Fsp3) is 0.333. The molecule has 124 valence electrons. The molecular weight excluding hydrogens is 298 g/mol. The molecule has 3 rings (SSSR count). The van der Waals surface area contributed by atoms with Crippen LogP contribution in [0.2, 0.25) is 0 Å². The molecule has 1 aliphatic carbocycles. The van der Waals surface area contributed by atoms with Gasteiger partial charge in [-0.05, 0) is 19.3 Å². The highest BCUT2D eigenvalue weighted by atomic mass is 16.5. The van der Waals surface area contributed by atoms with Gasteiger partial charge in [0, 0.05) is 11.1 Å². The van der Waals surface area contributed by atoms with Crippen molar-refractivity contribution in [2.45, 2.75) is 32.2 Å². The molecule has 0 aromatic heterocycles. The van der Waals surface area contributed by atoms with Crippen LogP contribution in [-0.4, -0.2) is 23.8 Å². The number of hydrogen-bond acceptors (Lipinski definition) is 3. The molecule has 2 aromatic carbocycles. The number of ether oxygens (including phenoxy) is 1. The Kier molecular flexibility index (Phi) is 4.79. The largest absolute Gasteiger partial charge is 0.464 e. The second-order valence-electron chi connectivity index (χ2n) is 6.15. The lowest BCUT2D eigenvalue weighted by Crippen LogP contribution is -2.28. The van der Waals surface area contributed by atoms with Gasteiger partial charge in [-0.3, -0.25) is 4.99 Å². The molecule has 1 saturated carbocycles. The molecule has 1 fully saturated rings. The Morgan fingerprint density at radius 1 is 1.04 bits per heavy atom. The monoisotopic (exact) mass is 321 g/mol. The Morgan fingerprint density at radius 3 is 2.00 bits per heavy atom. The number of rotatable bonds is 6. The third kappa shape index (κ3) is 3.12. The van der Waals surface area contributed by atoms with Crippen LogP contribution in [-0.2, 0) is 9.53 Å². The van der Waals surface area contributed by atoms with E-state index in [0.29, 0.717) is 6.61 Å². The molecule has 0 heterocycles. The smallest absolute Gasteiger partial charge is 0.334 e. The van der Waals surface area contributed by atoms with Gasteiger partial charge < -0.3 is 4.74 Å². The Balaban J connectivity index is 2.08. The fourth-order valence-corrected chi connectivity index (χ4v) is 3.17. The number of esters is 1. The molecule has 3 nitrogen and oxygen atoms in total. The van der Waals surface area contributed by atoms with Gasteiger partial charge in [-0.2, -0.15) is 0 Å². The van der Waals surface area contributed by atoms with E-state index in [9.17, 15) is 4.79 Å². The first-order valence-corrected chi connectivity index (χ1v) is 8.59. The summed E-state index contributed by atoms with van der Waals surface area (Å²) in [6.45, 7) is 4.33. The van der Waals surface area contributed by atoms with Crippen LogP contribution >= 0.6 is 0 Å². The number of carbonyl (C=O) groups excluding carboxylic acids is 1. The first-order chi connectivity index (χ1) is 11.7. The van der Waals surface area contributed by atoms with Gasteiger partial charge in [0.05, 0.1) is 12.3 Å². The van der Waals surface area contributed by atoms with Crippen molar-refractivity contribution in [3.63, 3.8) is 0 Å². The molecule has 0 radical (unpaired) electrons. The topological polar surface area (TPSA) is 38.7 Å². The summed E-state index contributed by atoms with van der Waals surface area (Å²) in [7, 11) is 0. The Morgan fingerprint density at radius 2 is 1.58 bits per heavy atom. The van der Waals surface area contributed by atoms with Gasteiger partial charge in [0.25, 0.3) is 0 Å². The zero-order chi connectivity index (χ0) is 17.0. The number of nitrogens with zero attached hydrogens (tertiary/aromatic N) is 1. The van der Waals surface area contributed by atoms with Crippen LogP contribution in [0.4, 0.5) is 0 Å². The van der Waals surface area contributed by atoms with Gasteiger partial charge in [0.2, 0.25) is 0 Å². The first kappa shape index (κ1) is 16.4. The summed E-state index contributed by atoms with van der Waals surface area (Å²) in [6, 6.07) is 20.1. The third-order valence-corrected chi connectivity index (χ3v) is 4.60. The van der Waals surface area contributed by atoms with Crippen molar-refractivity contribution in [3.05, 3.63) is 71.8 Å². The minimum atomic E-state index is -0.716. The Labute approximate surface area is 143 Å². The molecule has 2 aromatic rings. The van der Waals surface area contributed by atoms with Crippen LogP contribution in [0.1, 0.15) is 37.8 Å². The van der Waals surface area contributed by atoms with Crippen LogP contribution < -0.4 is 0 Å². The molecule has 0 bridgehead atoms. The van der Waals surface area contributed by atoms with E-state index in [-0.39, 0.29) is 11.9 Å². The quantitative estimate of drug-likeness (QED) is 0.589. The van der Waals surface area contributed by atoms with Gasteiger partial charge in [-0.15, -0.1) is 0 Å². The van der Waals surface area contributed by atoms with Crippen LogP contribution in [0.3, 0.4) is 0 Å². The lowest BCUT2D eigenvalue weighted by Gasteiger charge is -2.15. The second-order valence-corrected chi connectivity index (χ2v) is 6.15. The molecule has 0 saturated heterocycles. The molecule has 2 atom stereocenters. The molecule has 0 aliphatic heterocycles. The van der Waals surface area contributed by atoms with Crippen molar-refractivity contribution in [3.8, 4) is 0 Å². The van der Waals surface area contributed by atoms with Gasteiger partial charge in [-0.1, -0.05) is 74.0 Å². The molecule has 1 aliphatic rings. The van der Waals surface area contributed by atoms with Crippen molar-refractivity contribution >= 4 is 11.7 Å². The van der Waals surface area contributed by atoms with Crippen LogP contribution in [0, 0.1) is 5.92 Å². The van der Waals surface area contributed by atoms with Gasteiger partial charge in [-0.25, -0.2) is 4.79 Å². The lowest BCUT2D eigenvalue weighted by atomic mass is 10.0. The van der Waals surface area contributed by atoms with E-state index in [1.54, 1.807) is 0 Å². The van der Waals surface area contributed by atoms with Crippen molar-refractivity contribution in [1.82, 2.24) is 0 Å². The minimum Gasteiger partial charge on any atom is -0.464 e. The van der Waals surface area contributed by atoms with Gasteiger partial charge >= 0.3 is 5.97 Å². The highest BCUT2D eigenvalue weighted by Crippen LogP contribution is 2.50. The highest BCUT2D eigenvalue weighted by Gasteiger charge is 2.60. The van der Waals surface area contributed by atoms with E-state index < -0.39 is 5.54 Å². The second kappa shape index (κ2) is 7.00. The lowest BCUT2D eigenvalue weighted by molar-refractivity contribution is -0.146. The van der Waals surface area contributed by atoms with Crippen molar-refractivity contribution < 1.29 is 9.53 Å². The zero-order valence-corrected chi connectivity index (χ0v) is 14.2. The van der Waals surface area contributed by atoms with E-state index in [1.165, 1.54) is 0 Å². The SMILES string of the molecule is CCOC(=O)[C@@]1(N=C(c2ccccc2)c2ccccc2)C[C@@H]1CC. The van der Waals surface area contributed by atoms with E-state index in [2.05, 4.69) is 6.92 Å². The molecule has 0 spiro atoms. The minimum absolute atomic E-state index is 0.193. The van der Waals surface area contributed by atoms with Crippen LogP contribution in [0.5, 0.6) is 0 Å². The molecule has 0 N–H and O–H groups in total. The maximum Gasteiger partial charge on any atom is 0.334 e. The average Bonchev–Trinajstić information content (AvgIpc) is 3.36. The summed E-state index contributed by atoms with van der Waals surface area (Å²) in [6.07, 6.45) is 1.70. The normalized spacial score (nSPS) is 21.8. The molecule has 0 amide bonds. The molecule has 0 unspecified atom stereocenters. The van der Waals surface area contributed by atoms with E-state index >= 15 is 0 Å². The predicted molar refractivity (Wildman–Crippen MR) is 96.3 cm³/mol. The van der Waals surface area contributed by atoms with Crippen molar-refractivity contribution in [2.75, 3.05) is 6.61 Å². The predicted octanol–water partition coefficient (Wildman–Crippen LogP) is 4.26. The van der Waals surface area contributed by atoms with Crippen LogP contribution in [0.25, 0.3) is 0 Å². The first-order valence-electron chi connectivity index (χ1n) is 8.59. The number of hydrogen-bond donors (Lipinski definition) is 0. The molecule has 3 heteroatoms. The highest BCUT2D eigenvalue weighted by molar-refractivity contribution is 6.14. The molecular formula is C21H23NO2. The summed E-state index contributed by atoms with van der Waals surface area (Å²) < 4.78 is 5.33. The number of carbonyl (C=O) groups is 1. The van der Waals surface area contributed by atoms with Crippen LogP contribution in [0.15, 0.2) is 65.7 Å². The maximum absolute atomic E-state index is 12.6. The van der Waals surface area contributed by atoms with E-state index in [4.69, 9.17) is 9.73 Å². The summed E-state index contributed by atoms with van der Waals surface area (Å²) in [5.41, 5.74) is 2.19. The Bertz CT molecular complexity index is 683. The number of aliphatic imine (C=N–C) groups is 1. The van der Waals surface area contributed by atoms with Crippen molar-refractivity contribution in [2.24, 2.45) is 10.9 Å². The third-order valence-electron chi connectivity index (χ3n) is 4.60. The van der Waals surface area contributed by atoms with Gasteiger partial charge in [0.1, 0.15) is 0 Å². The maximum atomic E-state index is 12.6. The van der Waals surface area contributed by atoms with Crippen molar-refractivity contribution in [1.29, 1.82) is 0 Å². The summed E-state index contributed by atoms with van der Waals surface area (Å²) >= 11 is 0. The molecule has 24 heavy (non-hydrogen) atoms. The summed E-state index contributed by atoms with van der Waals surface area (Å²) in [4.78, 5) is 17.5. The Hall–Kier alpha value is -2.42. The zero-order valence-electron chi connectivity index (χ0n) is 14.2. The summed E-state index contributed by atoms with van der Waals surface area (Å²) in [5, 5.41) is 0. The standard InChI is InChI=1S/C21H23NO2/c1-3-18-15-21(18,20(23)24-4-2)22-19(16-11-7-5-8-12-16)17-13-9-6-10-14-17/h5-14,18H,3-4,15H2,1-2H3/t18-,21+/m0/s1. The fourth-order valence-electron chi connectivity index (χ4n) is 3.17. The van der Waals surface area contributed by atoms with E-state index in [1.807, 2.05) is 67.6 Å². The van der Waals surface area contributed by atoms with Gasteiger partial charge in [0.15, 0.2) is 5.54 Å². The average molecular weight is 321 g/mol. The number of benzene rings is 2. The van der Waals surface area contributed by atoms with E-state index in [0.717, 1.165) is 29.7 Å².